The second kappa shape index (κ2) is 6.96. The van der Waals surface area contributed by atoms with E-state index in [1.54, 1.807) is 6.08 Å². The fourth-order valence-electron chi connectivity index (χ4n) is 2.53. The van der Waals surface area contributed by atoms with Gasteiger partial charge >= 0.3 is 5.69 Å². The first-order valence-corrected chi connectivity index (χ1v) is 7.68. The number of aryl methyl sites for hydroxylation is 1. The minimum atomic E-state index is -0.592. The SMILES string of the molecule is CCc1oc2ccccc2c1/C=C/C(=O)Nc1ccncc1[N+](=O)[O-]. The summed E-state index contributed by atoms with van der Waals surface area (Å²) in [6, 6.07) is 8.95. The Labute approximate surface area is 143 Å². The Kier molecular flexibility index (Phi) is 4.56. The van der Waals surface area contributed by atoms with E-state index in [1.165, 1.54) is 18.3 Å². The predicted molar refractivity (Wildman–Crippen MR) is 94.1 cm³/mol. The number of furan rings is 1. The second-order valence-electron chi connectivity index (χ2n) is 5.26. The summed E-state index contributed by atoms with van der Waals surface area (Å²) in [5.74, 6) is 0.307. The zero-order valence-corrected chi connectivity index (χ0v) is 13.4. The molecule has 0 spiro atoms. The summed E-state index contributed by atoms with van der Waals surface area (Å²) >= 11 is 0. The van der Waals surface area contributed by atoms with Gasteiger partial charge in [0.15, 0.2) is 0 Å². The molecule has 2 aromatic heterocycles. The van der Waals surface area contributed by atoms with Crippen molar-refractivity contribution in [2.75, 3.05) is 5.32 Å². The van der Waals surface area contributed by atoms with Crippen molar-refractivity contribution in [1.29, 1.82) is 0 Å². The number of hydrogen-bond acceptors (Lipinski definition) is 5. The van der Waals surface area contributed by atoms with Gasteiger partial charge < -0.3 is 9.73 Å². The number of carbonyl (C=O) groups excluding carboxylic acids is 1. The van der Waals surface area contributed by atoms with Crippen LogP contribution in [0.15, 0.2) is 53.2 Å². The van der Waals surface area contributed by atoms with Crippen LogP contribution in [0, 0.1) is 10.1 Å². The molecule has 0 atom stereocenters. The summed E-state index contributed by atoms with van der Waals surface area (Å²) in [6.07, 6.45) is 6.16. The van der Waals surface area contributed by atoms with Crippen molar-refractivity contribution >= 4 is 34.3 Å². The van der Waals surface area contributed by atoms with Gasteiger partial charge in [-0.25, -0.2) is 0 Å². The molecular formula is C18H15N3O4. The Hall–Kier alpha value is -3.48. The first-order chi connectivity index (χ1) is 12.1. The maximum atomic E-state index is 12.1. The van der Waals surface area contributed by atoms with Crippen molar-refractivity contribution in [3.63, 3.8) is 0 Å². The number of nitro groups is 1. The van der Waals surface area contributed by atoms with Crippen LogP contribution in [0.25, 0.3) is 17.0 Å². The second-order valence-corrected chi connectivity index (χ2v) is 5.26. The lowest BCUT2D eigenvalue weighted by molar-refractivity contribution is -0.384. The molecule has 0 radical (unpaired) electrons. The highest BCUT2D eigenvalue weighted by Crippen LogP contribution is 2.27. The van der Waals surface area contributed by atoms with E-state index in [0.717, 1.165) is 28.5 Å². The van der Waals surface area contributed by atoms with Crippen LogP contribution < -0.4 is 5.32 Å². The molecule has 126 valence electrons. The number of aromatic nitrogens is 1. The van der Waals surface area contributed by atoms with E-state index in [9.17, 15) is 14.9 Å². The summed E-state index contributed by atoms with van der Waals surface area (Å²) in [5.41, 5.74) is 1.43. The van der Waals surface area contributed by atoms with Crippen LogP contribution in [0.2, 0.25) is 0 Å². The lowest BCUT2D eigenvalue weighted by Gasteiger charge is -2.02. The molecule has 0 fully saturated rings. The Bertz CT molecular complexity index is 975. The number of nitrogens with zero attached hydrogens (tertiary/aromatic N) is 2. The third-order valence-electron chi connectivity index (χ3n) is 3.69. The minimum Gasteiger partial charge on any atom is -0.460 e. The molecule has 1 amide bonds. The van der Waals surface area contributed by atoms with E-state index in [4.69, 9.17) is 4.42 Å². The minimum absolute atomic E-state index is 0.0995. The molecule has 0 unspecified atom stereocenters. The third kappa shape index (κ3) is 3.40. The van der Waals surface area contributed by atoms with E-state index in [1.807, 2.05) is 31.2 Å². The molecule has 0 bridgehead atoms. The molecule has 1 aromatic carbocycles. The third-order valence-corrected chi connectivity index (χ3v) is 3.69. The number of benzene rings is 1. The standard InChI is InChI=1S/C18H15N3O4/c1-2-16-13(12-5-3-4-6-17(12)25-16)7-8-18(22)20-14-9-10-19-11-15(14)21(23)24/h3-11H,2H2,1H3,(H,19,20,22)/b8-7+. The fourth-order valence-corrected chi connectivity index (χ4v) is 2.53. The van der Waals surface area contributed by atoms with Crippen molar-refractivity contribution in [1.82, 2.24) is 4.98 Å². The molecule has 2 heterocycles. The number of amides is 1. The average Bonchev–Trinajstić information content (AvgIpc) is 2.98. The quantitative estimate of drug-likeness (QED) is 0.432. The highest BCUT2D eigenvalue weighted by Gasteiger charge is 2.15. The van der Waals surface area contributed by atoms with Gasteiger partial charge in [-0.05, 0) is 18.2 Å². The van der Waals surface area contributed by atoms with Gasteiger partial charge in [0.1, 0.15) is 23.2 Å². The normalized spacial score (nSPS) is 11.1. The molecule has 3 aromatic rings. The van der Waals surface area contributed by atoms with Gasteiger partial charge in [-0.1, -0.05) is 25.1 Å². The lowest BCUT2D eigenvalue weighted by Crippen LogP contribution is -2.09. The zero-order chi connectivity index (χ0) is 17.8. The summed E-state index contributed by atoms with van der Waals surface area (Å²) in [7, 11) is 0. The van der Waals surface area contributed by atoms with E-state index in [0.29, 0.717) is 6.42 Å². The summed E-state index contributed by atoms with van der Waals surface area (Å²) in [5, 5.41) is 14.4. The fraction of sp³-hybridized carbons (Fsp3) is 0.111. The average molecular weight is 337 g/mol. The van der Waals surface area contributed by atoms with E-state index in [2.05, 4.69) is 10.3 Å². The van der Waals surface area contributed by atoms with Crippen molar-refractivity contribution in [3.8, 4) is 0 Å². The monoisotopic (exact) mass is 337 g/mol. The van der Waals surface area contributed by atoms with Gasteiger partial charge in [-0.3, -0.25) is 19.9 Å². The largest absolute Gasteiger partial charge is 0.460 e. The number of fused-ring (bicyclic) bond motifs is 1. The first-order valence-electron chi connectivity index (χ1n) is 7.68. The Morgan fingerprint density at radius 2 is 2.16 bits per heavy atom. The Morgan fingerprint density at radius 3 is 2.92 bits per heavy atom. The van der Waals surface area contributed by atoms with Gasteiger partial charge in [0.05, 0.1) is 4.92 Å². The summed E-state index contributed by atoms with van der Waals surface area (Å²) < 4.78 is 5.77. The van der Waals surface area contributed by atoms with Crippen molar-refractivity contribution in [2.24, 2.45) is 0 Å². The van der Waals surface area contributed by atoms with E-state index in [-0.39, 0.29) is 11.4 Å². The maximum Gasteiger partial charge on any atom is 0.310 e. The Balaban J connectivity index is 1.86. The van der Waals surface area contributed by atoms with E-state index >= 15 is 0 Å². The van der Waals surface area contributed by atoms with Gasteiger partial charge in [0.2, 0.25) is 5.91 Å². The number of rotatable bonds is 5. The topological polar surface area (TPSA) is 98.3 Å². The van der Waals surface area contributed by atoms with Gasteiger partial charge in [-0.2, -0.15) is 0 Å². The van der Waals surface area contributed by atoms with Crippen LogP contribution in [0.4, 0.5) is 11.4 Å². The molecule has 1 N–H and O–H groups in total. The molecule has 3 rings (SSSR count). The Morgan fingerprint density at radius 1 is 1.36 bits per heavy atom. The number of hydrogen-bond donors (Lipinski definition) is 1. The zero-order valence-electron chi connectivity index (χ0n) is 13.4. The van der Waals surface area contributed by atoms with Gasteiger partial charge in [-0.15, -0.1) is 0 Å². The lowest BCUT2D eigenvalue weighted by atomic mass is 10.1. The maximum absolute atomic E-state index is 12.1. The van der Waals surface area contributed by atoms with Crippen molar-refractivity contribution in [2.45, 2.75) is 13.3 Å². The van der Waals surface area contributed by atoms with Crippen LogP contribution in [0.5, 0.6) is 0 Å². The first kappa shape index (κ1) is 16.4. The van der Waals surface area contributed by atoms with Crippen molar-refractivity contribution in [3.05, 3.63) is 70.2 Å². The molecule has 0 aliphatic rings. The molecular weight excluding hydrogens is 322 g/mol. The molecule has 7 heteroatoms. The molecule has 0 saturated carbocycles. The highest BCUT2D eigenvalue weighted by molar-refractivity contribution is 6.04. The highest BCUT2D eigenvalue weighted by atomic mass is 16.6. The van der Waals surface area contributed by atoms with Crippen LogP contribution in [0.3, 0.4) is 0 Å². The molecule has 7 nitrogen and oxygen atoms in total. The van der Waals surface area contributed by atoms with Crippen LogP contribution in [-0.4, -0.2) is 15.8 Å². The number of pyridine rings is 1. The number of carbonyl (C=O) groups is 1. The number of nitrogens with one attached hydrogen (secondary N) is 1. The summed E-state index contributed by atoms with van der Waals surface area (Å²) in [6.45, 7) is 1.97. The van der Waals surface area contributed by atoms with Crippen LogP contribution in [0.1, 0.15) is 18.2 Å². The molecule has 0 aliphatic carbocycles. The number of para-hydroxylation sites is 1. The molecule has 0 saturated heterocycles. The van der Waals surface area contributed by atoms with Gasteiger partial charge in [0.25, 0.3) is 0 Å². The summed E-state index contributed by atoms with van der Waals surface area (Å²) in [4.78, 5) is 26.2. The molecule has 0 aliphatic heterocycles. The van der Waals surface area contributed by atoms with Crippen molar-refractivity contribution < 1.29 is 14.1 Å². The van der Waals surface area contributed by atoms with Crippen LogP contribution >= 0.6 is 0 Å². The smallest absolute Gasteiger partial charge is 0.310 e. The van der Waals surface area contributed by atoms with Crippen LogP contribution in [-0.2, 0) is 11.2 Å². The van der Waals surface area contributed by atoms with Gasteiger partial charge in [0, 0.05) is 29.6 Å². The van der Waals surface area contributed by atoms with E-state index < -0.39 is 10.8 Å². The predicted octanol–water partition coefficient (Wildman–Crippen LogP) is 3.95. The number of anilines is 1. The molecule has 25 heavy (non-hydrogen) atoms.